The highest BCUT2D eigenvalue weighted by atomic mass is 35.5. The smallest absolute Gasteiger partial charge is 0.125 e. The van der Waals surface area contributed by atoms with Crippen LogP contribution in [0.25, 0.3) is 0 Å². The second-order valence-electron chi connectivity index (χ2n) is 3.94. The first-order valence-corrected chi connectivity index (χ1v) is 5.54. The van der Waals surface area contributed by atoms with Gasteiger partial charge in [-0.05, 0) is 29.3 Å². The summed E-state index contributed by atoms with van der Waals surface area (Å²) in [6.07, 6.45) is 3.08. The van der Waals surface area contributed by atoms with Crippen LogP contribution in [0.3, 0.4) is 0 Å². The fourth-order valence-electron chi connectivity index (χ4n) is 1.69. The number of hydrogen-bond donors (Lipinski definition) is 1. The molecule has 0 aliphatic rings. The molecule has 17 heavy (non-hydrogen) atoms. The molecule has 1 aromatic heterocycles. The van der Waals surface area contributed by atoms with Crippen molar-refractivity contribution in [3.8, 4) is 0 Å². The van der Waals surface area contributed by atoms with Crippen molar-refractivity contribution in [1.29, 1.82) is 0 Å². The van der Waals surface area contributed by atoms with Crippen molar-refractivity contribution in [3.63, 3.8) is 0 Å². The van der Waals surface area contributed by atoms with Gasteiger partial charge in [0.1, 0.15) is 5.82 Å². The maximum absolute atomic E-state index is 13.1. The van der Waals surface area contributed by atoms with Gasteiger partial charge in [0, 0.05) is 24.7 Å². The van der Waals surface area contributed by atoms with Crippen molar-refractivity contribution in [2.75, 3.05) is 0 Å². The standard InChI is InChI=1S/C12H12ClFN2O/c1-16-7-8(6-15-16)2-12(17)9-3-10(13)5-11(14)4-9/h3-7,12,17H,2H2,1H3. The molecule has 0 radical (unpaired) electrons. The highest BCUT2D eigenvalue weighted by molar-refractivity contribution is 6.30. The van der Waals surface area contributed by atoms with Crippen molar-refractivity contribution < 1.29 is 9.50 Å². The van der Waals surface area contributed by atoms with Crippen LogP contribution in [0.4, 0.5) is 4.39 Å². The fourth-order valence-corrected chi connectivity index (χ4v) is 1.92. The zero-order valence-electron chi connectivity index (χ0n) is 9.27. The quantitative estimate of drug-likeness (QED) is 0.914. The number of nitrogens with zero attached hydrogens (tertiary/aromatic N) is 2. The van der Waals surface area contributed by atoms with E-state index in [1.807, 2.05) is 6.20 Å². The monoisotopic (exact) mass is 254 g/mol. The Morgan fingerprint density at radius 2 is 2.24 bits per heavy atom. The molecule has 0 fully saturated rings. The van der Waals surface area contributed by atoms with Crippen LogP contribution in [-0.2, 0) is 13.5 Å². The largest absolute Gasteiger partial charge is 0.388 e. The second kappa shape index (κ2) is 4.85. The maximum Gasteiger partial charge on any atom is 0.125 e. The molecular weight excluding hydrogens is 243 g/mol. The lowest BCUT2D eigenvalue weighted by atomic mass is 10.0. The number of benzene rings is 1. The minimum atomic E-state index is -0.785. The van der Waals surface area contributed by atoms with E-state index in [4.69, 9.17) is 11.6 Å². The van der Waals surface area contributed by atoms with E-state index >= 15 is 0 Å². The Morgan fingerprint density at radius 3 is 2.82 bits per heavy atom. The summed E-state index contributed by atoms with van der Waals surface area (Å²) in [7, 11) is 1.80. The van der Waals surface area contributed by atoms with E-state index in [2.05, 4.69) is 5.10 Å². The van der Waals surface area contributed by atoms with Crippen molar-refractivity contribution in [2.24, 2.45) is 7.05 Å². The zero-order valence-corrected chi connectivity index (χ0v) is 10.0. The number of aromatic nitrogens is 2. The third-order valence-electron chi connectivity index (χ3n) is 2.46. The Labute approximate surface area is 103 Å². The van der Waals surface area contributed by atoms with E-state index in [-0.39, 0.29) is 5.02 Å². The number of aliphatic hydroxyl groups is 1. The molecule has 0 aliphatic carbocycles. The van der Waals surface area contributed by atoms with E-state index in [1.54, 1.807) is 24.0 Å². The summed E-state index contributed by atoms with van der Waals surface area (Å²) in [6, 6.07) is 4.06. The summed E-state index contributed by atoms with van der Waals surface area (Å²) in [4.78, 5) is 0. The third-order valence-corrected chi connectivity index (χ3v) is 2.68. The van der Waals surface area contributed by atoms with Gasteiger partial charge in [-0.2, -0.15) is 5.10 Å². The molecule has 1 N–H and O–H groups in total. The third kappa shape index (κ3) is 3.05. The van der Waals surface area contributed by atoms with Crippen LogP contribution in [-0.4, -0.2) is 14.9 Å². The summed E-state index contributed by atoms with van der Waals surface area (Å²) in [5.41, 5.74) is 1.36. The van der Waals surface area contributed by atoms with Crippen molar-refractivity contribution in [2.45, 2.75) is 12.5 Å². The SMILES string of the molecule is Cn1cc(CC(O)c2cc(F)cc(Cl)c2)cn1. The van der Waals surface area contributed by atoms with Crippen LogP contribution in [0.2, 0.25) is 5.02 Å². The first-order chi connectivity index (χ1) is 8.04. The lowest BCUT2D eigenvalue weighted by Crippen LogP contribution is -2.01. The average Bonchev–Trinajstić information content (AvgIpc) is 2.62. The maximum atomic E-state index is 13.1. The normalized spacial score (nSPS) is 12.7. The number of aryl methyl sites for hydroxylation is 1. The van der Waals surface area contributed by atoms with Crippen LogP contribution in [0.1, 0.15) is 17.2 Å². The second-order valence-corrected chi connectivity index (χ2v) is 4.38. The Bertz CT molecular complexity index is 507. The lowest BCUT2D eigenvalue weighted by Gasteiger charge is -2.10. The molecule has 0 amide bonds. The molecule has 5 heteroatoms. The predicted octanol–water partition coefficient (Wildman–Crippen LogP) is 2.49. The summed E-state index contributed by atoms with van der Waals surface area (Å²) in [6.45, 7) is 0. The molecule has 0 bridgehead atoms. The Kier molecular flexibility index (Phi) is 3.45. The van der Waals surface area contributed by atoms with Gasteiger partial charge in [0.2, 0.25) is 0 Å². The van der Waals surface area contributed by atoms with Crippen LogP contribution < -0.4 is 0 Å². The molecule has 1 atom stereocenters. The van der Waals surface area contributed by atoms with E-state index in [1.165, 1.54) is 12.1 Å². The van der Waals surface area contributed by atoms with Gasteiger partial charge in [-0.15, -0.1) is 0 Å². The number of aliphatic hydroxyl groups excluding tert-OH is 1. The van der Waals surface area contributed by atoms with Crippen LogP contribution in [0.5, 0.6) is 0 Å². The Morgan fingerprint density at radius 1 is 1.47 bits per heavy atom. The van der Waals surface area contributed by atoms with Crippen LogP contribution >= 0.6 is 11.6 Å². The number of hydrogen-bond acceptors (Lipinski definition) is 2. The van der Waals surface area contributed by atoms with Gasteiger partial charge in [0.05, 0.1) is 12.3 Å². The van der Waals surface area contributed by atoms with E-state index in [0.29, 0.717) is 12.0 Å². The van der Waals surface area contributed by atoms with Crippen molar-refractivity contribution in [1.82, 2.24) is 9.78 Å². The van der Waals surface area contributed by atoms with E-state index < -0.39 is 11.9 Å². The van der Waals surface area contributed by atoms with Gasteiger partial charge < -0.3 is 5.11 Å². The summed E-state index contributed by atoms with van der Waals surface area (Å²) in [5, 5.41) is 14.3. The molecule has 1 aromatic carbocycles. The Balaban J connectivity index is 2.16. The summed E-state index contributed by atoms with van der Waals surface area (Å²) >= 11 is 5.73. The van der Waals surface area contributed by atoms with Gasteiger partial charge in [0.15, 0.2) is 0 Å². The molecule has 0 saturated heterocycles. The topological polar surface area (TPSA) is 38.0 Å². The number of halogens is 2. The van der Waals surface area contributed by atoms with Gasteiger partial charge in [-0.1, -0.05) is 11.6 Å². The van der Waals surface area contributed by atoms with Crippen LogP contribution in [0.15, 0.2) is 30.6 Å². The summed E-state index contributed by atoms with van der Waals surface area (Å²) in [5.74, 6) is -0.447. The van der Waals surface area contributed by atoms with Crippen molar-refractivity contribution >= 4 is 11.6 Å². The Hall–Kier alpha value is -1.39. The fraction of sp³-hybridized carbons (Fsp3) is 0.250. The molecule has 0 aliphatic heterocycles. The number of rotatable bonds is 3. The van der Waals surface area contributed by atoms with E-state index in [0.717, 1.165) is 5.56 Å². The van der Waals surface area contributed by atoms with Gasteiger partial charge >= 0.3 is 0 Å². The molecule has 2 aromatic rings. The van der Waals surface area contributed by atoms with Crippen LogP contribution in [0, 0.1) is 5.82 Å². The first-order valence-electron chi connectivity index (χ1n) is 5.16. The first kappa shape index (κ1) is 12.1. The zero-order chi connectivity index (χ0) is 12.4. The van der Waals surface area contributed by atoms with E-state index in [9.17, 15) is 9.50 Å². The molecule has 1 unspecified atom stereocenters. The molecule has 0 spiro atoms. The molecule has 3 nitrogen and oxygen atoms in total. The van der Waals surface area contributed by atoms with Gasteiger partial charge in [-0.25, -0.2) is 4.39 Å². The molecular formula is C12H12ClFN2O. The molecule has 2 rings (SSSR count). The van der Waals surface area contributed by atoms with Gasteiger partial charge in [-0.3, -0.25) is 4.68 Å². The molecule has 0 saturated carbocycles. The average molecular weight is 255 g/mol. The summed E-state index contributed by atoms with van der Waals surface area (Å²) < 4.78 is 14.8. The highest BCUT2D eigenvalue weighted by Gasteiger charge is 2.11. The molecule has 1 heterocycles. The van der Waals surface area contributed by atoms with Gasteiger partial charge in [0.25, 0.3) is 0 Å². The predicted molar refractivity (Wildman–Crippen MR) is 63.3 cm³/mol. The highest BCUT2D eigenvalue weighted by Crippen LogP contribution is 2.22. The lowest BCUT2D eigenvalue weighted by molar-refractivity contribution is 0.178. The van der Waals surface area contributed by atoms with Crippen molar-refractivity contribution in [3.05, 3.63) is 52.6 Å². The molecule has 90 valence electrons. The minimum absolute atomic E-state index is 0.283. The minimum Gasteiger partial charge on any atom is -0.388 e.